The SMILES string of the molecule is CCOc1ccccc1OCc1cccc(C#CCO)c1. The molecule has 0 unspecified atom stereocenters. The first-order valence-corrected chi connectivity index (χ1v) is 6.86. The van der Waals surface area contributed by atoms with Crippen molar-refractivity contribution in [3.63, 3.8) is 0 Å². The van der Waals surface area contributed by atoms with Crippen LogP contribution in [-0.2, 0) is 6.61 Å². The Morgan fingerprint density at radius 3 is 2.48 bits per heavy atom. The van der Waals surface area contributed by atoms with Gasteiger partial charge in [-0.15, -0.1) is 0 Å². The number of hydrogen-bond donors (Lipinski definition) is 1. The fourth-order valence-electron chi connectivity index (χ4n) is 1.89. The van der Waals surface area contributed by atoms with E-state index in [1.54, 1.807) is 0 Å². The molecule has 0 atom stereocenters. The van der Waals surface area contributed by atoms with Crippen molar-refractivity contribution in [2.24, 2.45) is 0 Å². The van der Waals surface area contributed by atoms with Crippen LogP contribution in [0.3, 0.4) is 0 Å². The molecular formula is C18H18O3. The van der Waals surface area contributed by atoms with E-state index >= 15 is 0 Å². The van der Waals surface area contributed by atoms with Gasteiger partial charge in [-0.1, -0.05) is 36.1 Å². The Labute approximate surface area is 125 Å². The molecule has 0 amide bonds. The summed E-state index contributed by atoms with van der Waals surface area (Å²) in [5.74, 6) is 6.99. The van der Waals surface area contributed by atoms with Gasteiger partial charge in [0.15, 0.2) is 11.5 Å². The molecule has 0 aliphatic heterocycles. The van der Waals surface area contributed by atoms with Crippen LogP contribution in [0, 0.1) is 11.8 Å². The van der Waals surface area contributed by atoms with Gasteiger partial charge in [-0.25, -0.2) is 0 Å². The van der Waals surface area contributed by atoms with Crippen LogP contribution >= 0.6 is 0 Å². The minimum Gasteiger partial charge on any atom is -0.490 e. The summed E-state index contributed by atoms with van der Waals surface area (Å²) in [5, 5.41) is 8.72. The Balaban J connectivity index is 2.06. The maximum Gasteiger partial charge on any atom is 0.161 e. The Morgan fingerprint density at radius 1 is 1.00 bits per heavy atom. The van der Waals surface area contributed by atoms with Crippen molar-refractivity contribution >= 4 is 0 Å². The lowest BCUT2D eigenvalue weighted by atomic mass is 10.1. The second kappa shape index (κ2) is 7.98. The largest absolute Gasteiger partial charge is 0.490 e. The highest BCUT2D eigenvalue weighted by Gasteiger charge is 2.04. The van der Waals surface area contributed by atoms with Gasteiger partial charge in [0.1, 0.15) is 13.2 Å². The molecule has 0 saturated heterocycles. The summed E-state index contributed by atoms with van der Waals surface area (Å²) in [5.41, 5.74) is 1.88. The monoisotopic (exact) mass is 282 g/mol. The van der Waals surface area contributed by atoms with Gasteiger partial charge in [0.25, 0.3) is 0 Å². The maximum atomic E-state index is 8.72. The number of aliphatic hydroxyl groups excluding tert-OH is 1. The van der Waals surface area contributed by atoms with E-state index in [1.165, 1.54) is 0 Å². The Bertz CT molecular complexity index is 638. The molecule has 2 rings (SSSR count). The van der Waals surface area contributed by atoms with Crippen LogP contribution in [0.25, 0.3) is 0 Å². The third-order valence-corrected chi connectivity index (χ3v) is 2.78. The first-order chi connectivity index (χ1) is 10.3. The molecular weight excluding hydrogens is 264 g/mol. The zero-order chi connectivity index (χ0) is 14.9. The van der Waals surface area contributed by atoms with Gasteiger partial charge >= 0.3 is 0 Å². The van der Waals surface area contributed by atoms with Gasteiger partial charge in [-0.3, -0.25) is 0 Å². The Morgan fingerprint density at radius 2 is 1.76 bits per heavy atom. The quantitative estimate of drug-likeness (QED) is 0.857. The standard InChI is InChI=1S/C18H18O3/c1-2-20-17-10-3-4-11-18(17)21-14-16-8-5-7-15(13-16)9-6-12-19/h3-5,7-8,10-11,13,19H,2,12,14H2,1H3. The smallest absolute Gasteiger partial charge is 0.161 e. The van der Waals surface area contributed by atoms with E-state index in [9.17, 15) is 0 Å². The van der Waals surface area contributed by atoms with Gasteiger partial charge in [-0.05, 0) is 36.8 Å². The van der Waals surface area contributed by atoms with Crippen molar-refractivity contribution in [1.29, 1.82) is 0 Å². The molecule has 0 aliphatic rings. The first-order valence-electron chi connectivity index (χ1n) is 6.86. The molecule has 0 fully saturated rings. The zero-order valence-corrected chi connectivity index (χ0v) is 12.0. The highest BCUT2D eigenvalue weighted by molar-refractivity contribution is 5.40. The van der Waals surface area contributed by atoms with Gasteiger partial charge < -0.3 is 14.6 Å². The van der Waals surface area contributed by atoms with Crippen LogP contribution in [0.15, 0.2) is 48.5 Å². The Kier molecular flexibility index (Phi) is 5.69. The summed E-state index contributed by atoms with van der Waals surface area (Å²) in [7, 11) is 0. The summed E-state index contributed by atoms with van der Waals surface area (Å²) in [6, 6.07) is 15.4. The van der Waals surface area contributed by atoms with Crippen LogP contribution in [0.1, 0.15) is 18.1 Å². The predicted molar refractivity (Wildman–Crippen MR) is 82.3 cm³/mol. The van der Waals surface area contributed by atoms with Crippen LogP contribution in [0.4, 0.5) is 0 Å². The van der Waals surface area contributed by atoms with Crippen LogP contribution in [0.2, 0.25) is 0 Å². The van der Waals surface area contributed by atoms with E-state index in [2.05, 4.69) is 11.8 Å². The van der Waals surface area contributed by atoms with Gasteiger partial charge in [0, 0.05) is 5.56 Å². The fourth-order valence-corrected chi connectivity index (χ4v) is 1.89. The summed E-state index contributed by atoms with van der Waals surface area (Å²) in [6.45, 7) is 2.86. The van der Waals surface area contributed by atoms with E-state index in [1.807, 2.05) is 55.5 Å². The molecule has 3 nitrogen and oxygen atoms in total. The highest BCUT2D eigenvalue weighted by Crippen LogP contribution is 2.27. The normalized spacial score (nSPS) is 9.62. The van der Waals surface area contributed by atoms with Crippen LogP contribution < -0.4 is 9.47 Å². The molecule has 0 aliphatic carbocycles. The number of aliphatic hydroxyl groups is 1. The van der Waals surface area contributed by atoms with E-state index in [0.717, 1.165) is 22.6 Å². The average molecular weight is 282 g/mol. The third-order valence-electron chi connectivity index (χ3n) is 2.78. The lowest BCUT2D eigenvalue weighted by molar-refractivity contribution is 0.269. The predicted octanol–water partition coefficient (Wildman–Crippen LogP) is 3.01. The van der Waals surface area contributed by atoms with E-state index < -0.39 is 0 Å². The number of benzene rings is 2. The van der Waals surface area contributed by atoms with E-state index in [4.69, 9.17) is 14.6 Å². The summed E-state index contributed by atoms with van der Waals surface area (Å²) >= 11 is 0. The topological polar surface area (TPSA) is 38.7 Å². The van der Waals surface area contributed by atoms with Crippen LogP contribution in [0.5, 0.6) is 11.5 Å². The number of hydrogen-bond acceptors (Lipinski definition) is 3. The molecule has 0 heterocycles. The molecule has 0 radical (unpaired) electrons. The maximum absolute atomic E-state index is 8.72. The van der Waals surface area contributed by atoms with Gasteiger partial charge in [0.05, 0.1) is 6.61 Å². The van der Waals surface area contributed by atoms with Crippen LogP contribution in [-0.4, -0.2) is 18.3 Å². The average Bonchev–Trinajstić information content (AvgIpc) is 2.53. The first kappa shape index (κ1) is 15.0. The number of ether oxygens (including phenoxy) is 2. The lowest BCUT2D eigenvalue weighted by Gasteiger charge is -2.11. The molecule has 2 aromatic rings. The molecule has 0 spiro atoms. The van der Waals surface area contributed by atoms with Gasteiger partial charge in [0.2, 0.25) is 0 Å². The van der Waals surface area contributed by atoms with Crippen molar-refractivity contribution < 1.29 is 14.6 Å². The molecule has 108 valence electrons. The van der Waals surface area contributed by atoms with Crippen molar-refractivity contribution in [1.82, 2.24) is 0 Å². The van der Waals surface area contributed by atoms with E-state index in [-0.39, 0.29) is 6.61 Å². The number of para-hydroxylation sites is 2. The summed E-state index contributed by atoms with van der Waals surface area (Å²) in [4.78, 5) is 0. The van der Waals surface area contributed by atoms with E-state index in [0.29, 0.717) is 13.2 Å². The van der Waals surface area contributed by atoms with Crippen molar-refractivity contribution in [3.8, 4) is 23.3 Å². The lowest BCUT2D eigenvalue weighted by Crippen LogP contribution is -1.99. The zero-order valence-electron chi connectivity index (χ0n) is 12.0. The number of rotatable bonds is 5. The summed E-state index contributed by atoms with van der Waals surface area (Å²) < 4.78 is 11.3. The molecule has 0 bridgehead atoms. The fraction of sp³-hybridized carbons (Fsp3) is 0.222. The highest BCUT2D eigenvalue weighted by atomic mass is 16.5. The van der Waals surface area contributed by atoms with Crippen molar-refractivity contribution in [2.45, 2.75) is 13.5 Å². The third kappa shape index (κ3) is 4.55. The summed E-state index contributed by atoms with van der Waals surface area (Å²) in [6.07, 6.45) is 0. The molecule has 1 N–H and O–H groups in total. The molecule has 0 saturated carbocycles. The molecule has 0 aromatic heterocycles. The molecule has 21 heavy (non-hydrogen) atoms. The molecule has 2 aromatic carbocycles. The minimum absolute atomic E-state index is 0.136. The molecule has 3 heteroatoms. The van der Waals surface area contributed by atoms with Gasteiger partial charge in [-0.2, -0.15) is 0 Å². The Hall–Kier alpha value is -2.44. The second-order valence-corrected chi connectivity index (χ2v) is 4.33. The second-order valence-electron chi connectivity index (χ2n) is 4.33. The minimum atomic E-state index is -0.136. The van der Waals surface area contributed by atoms with Crippen molar-refractivity contribution in [3.05, 3.63) is 59.7 Å². The van der Waals surface area contributed by atoms with Crippen molar-refractivity contribution in [2.75, 3.05) is 13.2 Å².